The lowest BCUT2D eigenvalue weighted by molar-refractivity contribution is -0.118. The van der Waals surface area contributed by atoms with Crippen molar-refractivity contribution in [3.8, 4) is 28.5 Å². The van der Waals surface area contributed by atoms with Crippen molar-refractivity contribution >= 4 is 17.7 Å². The summed E-state index contributed by atoms with van der Waals surface area (Å²) in [6.07, 6.45) is 0. The van der Waals surface area contributed by atoms with E-state index in [1.165, 1.54) is 11.8 Å². The Morgan fingerprint density at radius 2 is 1.97 bits per heavy atom. The molecule has 2 aromatic carbocycles. The second-order valence-corrected chi connectivity index (χ2v) is 7.21. The van der Waals surface area contributed by atoms with Gasteiger partial charge in [0.05, 0.1) is 18.6 Å². The van der Waals surface area contributed by atoms with E-state index < -0.39 is 0 Å². The van der Waals surface area contributed by atoms with Gasteiger partial charge in [0.1, 0.15) is 10.8 Å². The Bertz CT molecular complexity index is 1010. The third-order valence-corrected chi connectivity index (χ3v) is 5.22. The molecule has 1 aliphatic rings. The van der Waals surface area contributed by atoms with E-state index in [1.54, 1.807) is 7.11 Å². The van der Waals surface area contributed by atoms with Crippen molar-refractivity contribution in [3.63, 3.8) is 0 Å². The van der Waals surface area contributed by atoms with E-state index in [-0.39, 0.29) is 18.5 Å². The van der Waals surface area contributed by atoms with Gasteiger partial charge in [-0.05, 0) is 42.0 Å². The highest BCUT2D eigenvalue weighted by Crippen LogP contribution is 2.32. The maximum atomic E-state index is 12.1. The second kappa shape index (κ2) is 8.83. The van der Waals surface area contributed by atoms with Crippen LogP contribution in [0.4, 0.5) is 0 Å². The number of para-hydroxylation sites is 1. The van der Waals surface area contributed by atoms with Crippen LogP contribution in [0.3, 0.4) is 0 Å². The van der Waals surface area contributed by atoms with Crippen LogP contribution in [0, 0.1) is 0 Å². The molecule has 0 unspecified atom stereocenters. The van der Waals surface area contributed by atoms with Crippen molar-refractivity contribution in [2.24, 2.45) is 0 Å². The third-order valence-electron chi connectivity index (χ3n) is 4.30. The van der Waals surface area contributed by atoms with Crippen molar-refractivity contribution in [3.05, 3.63) is 60.2 Å². The molecule has 1 aromatic heterocycles. The number of fused-ring (bicyclic) bond motifs is 1. The molecule has 2 heterocycles. The summed E-state index contributed by atoms with van der Waals surface area (Å²) in [5.74, 6) is 2.35. The van der Waals surface area contributed by atoms with E-state index in [4.69, 9.17) is 14.2 Å². The minimum atomic E-state index is -0.0803. The van der Waals surface area contributed by atoms with Gasteiger partial charge in [0.2, 0.25) is 12.7 Å². The average molecular weight is 409 g/mol. The van der Waals surface area contributed by atoms with Crippen LogP contribution in [0.15, 0.2) is 59.6 Å². The first-order valence-corrected chi connectivity index (χ1v) is 9.96. The zero-order valence-electron chi connectivity index (χ0n) is 15.8. The van der Waals surface area contributed by atoms with Crippen molar-refractivity contribution in [2.75, 3.05) is 19.7 Å². The Hall–Kier alpha value is -3.26. The van der Waals surface area contributed by atoms with Gasteiger partial charge < -0.3 is 19.5 Å². The Morgan fingerprint density at radius 1 is 1.10 bits per heavy atom. The molecule has 0 bridgehead atoms. The van der Waals surface area contributed by atoms with E-state index in [2.05, 4.69) is 15.5 Å². The summed E-state index contributed by atoms with van der Waals surface area (Å²) in [6.45, 7) is 0.660. The maximum absolute atomic E-state index is 12.1. The summed E-state index contributed by atoms with van der Waals surface area (Å²) in [7, 11) is 1.62. The molecule has 1 N–H and O–H groups in total. The van der Waals surface area contributed by atoms with Gasteiger partial charge in [-0.1, -0.05) is 30.0 Å². The lowest BCUT2D eigenvalue weighted by Crippen LogP contribution is -2.24. The average Bonchev–Trinajstić information content (AvgIpc) is 3.24. The Balaban J connectivity index is 1.29. The number of amides is 1. The summed E-state index contributed by atoms with van der Waals surface area (Å²) in [6, 6.07) is 17.0. The van der Waals surface area contributed by atoms with Crippen molar-refractivity contribution in [1.29, 1.82) is 0 Å². The molecule has 4 rings (SSSR count). The van der Waals surface area contributed by atoms with Crippen LogP contribution in [-0.4, -0.2) is 35.8 Å². The molecular weight excluding hydrogens is 390 g/mol. The van der Waals surface area contributed by atoms with Gasteiger partial charge in [0, 0.05) is 12.1 Å². The smallest absolute Gasteiger partial charge is 0.231 e. The number of nitrogens with zero attached hydrogens (tertiary/aromatic N) is 2. The van der Waals surface area contributed by atoms with E-state index in [9.17, 15) is 4.79 Å². The van der Waals surface area contributed by atoms with Gasteiger partial charge in [-0.25, -0.2) is 0 Å². The number of hydrogen-bond acceptors (Lipinski definition) is 7. The lowest BCUT2D eigenvalue weighted by atomic mass is 10.1. The van der Waals surface area contributed by atoms with Crippen LogP contribution in [0.1, 0.15) is 5.56 Å². The number of methoxy groups -OCH3 is 1. The molecular formula is C21H19N3O4S. The molecule has 0 aliphatic carbocycles. The highest BCUT2D eigenvalue weighted by molar-refractivity contribution is 7.99. The highest BCUT2D eigenvalue weighted by atomic mass is 32.2. The number of benzene rings is 2. The summed E-state index contributed by atoms with van der Waals surface area (Å²) in [4.78, 5) is 12.1. The van der Waals surface area contributed by atoms with Gasteiger partial charge in [-0.2, -0.15) is 0 Å². The fourth-order valence-electron chi connectivity index (χ4n) is 2.84. The summed E-state index contributed by atoms with van der Waals surface area (Å²) >= 11 is 1.34. The van der Waals surface area contributed by atoms with Gasteiger partial charge in [-0.15, -0.1) is 10.2 Å². The largest absolute Gasteiger partial charge is 0.496 e. The number of rotatable bonds is 7. The summed E-state index contributed by atoms with van der Waals surface area (Å²) in [5, 5.41) is 12.0. The van der Waals surface area contributed by atoms with Crippen molar-refractivity contribution in [2.45, 2.75) is 11.6 Å². The third kappa shape index (κ3) is 4.60. The van der Waals surface area contributed by atoms with Crippen LogP contribution in [0.2, 0.25) is 0 Å². The fraction of sp³-hybridized carbons (Fsp3) is 0.190. The topological polar surface area (TPSA) is 82.6 Å². The van der Waals surface area contributed by atoms with E-state index in [0.29, 0.717) is 17.3 Å². The van der Waals surface area contributed by atoms with Crippen LogP contribution < -0.4 is 19.5 Å². The Labute approximate surface area is 172 Å². The van der Waals surface area contributed by atoms with Crippen LogP contribution in [0.25, 0.3) is 11.3 Å². The first kappa shape index (κ1) is 19.1. The molecule has 7 nitrogen and oxygen atoms in total. The van der Waals surface area contributed by atoms with Crippen molar-refractivity contribution in [1.82, 2.24) is 15.5 Å². The molecule has 8 heteroatoms. The van der Waals surface area contributed by atoms with E-state index in [1.807, 2.05) is 54.6 Å². The van der Waals surface area contributed by atoms with Gasteiger partial charge in [0.25, 0.3) is 0 Å². The normalized spacial score (nSPS) is 11.9. The monoisotopic (exact) mass is 409 g/mol. The molecule has 0 fully saturated rings. The number of aromatic nitrogens is 2. The standard InChI is InChI=1S/C21H19N3O4S/c1-26-17-5-3-2-4-15(17)16-7-9-21(24-23-16)29-12-20(25)22-11-14-6-8-18-19(10-14)28-13-27-18/h2-10H,11-13H2,1H3,(H,22,25). The minimum Gasteiger partial charge on any atom is -0.496 e. The highest BCUT2D eigenvalue weighted by Gasteiger charge is 2.13. The molecule has 29 heavy (non-hydrogen) atoms. The molecule has 0 saturated heterocycles. The van der Waals surface area contributed by atoms with Crippen molar-refractivity contribution < 1.29 is 19.0 Å². The minimum absolute atomic E-state index is 0.0803. The summed E-state index contributed by atoms with van der Waals surface area (Å²) < 4.78 is 16.0. The van der Waals surface area contributed by atoms with Gasteiger partial charge >= 0.3 is 0 Å². The lowest BCUT2D eigenvalue weighted by Gasteiger charge is -2.08. The second-order valence-electron chi connectivity index (χ2n) is 6.21. The Morgan fingerprint density at radius 3 is 2.79 bits per heavy atom. The zero-order valence-corrected chi connectivity index (χ0v) is 16.6. The molecule has 1 amide bonds. The van der Waals surface area contributed by atoms with Gasteiger partial charge in [0.15, 0.2) is 11.5 Å². The van der Waals surface area contributed by atoms with Gasteiger partial charge in [-0.3, -0.25) is 4.79 Å². The van der Waals surface area contributed by atoms with Crippen LogP contribution in [-0.2, 0) is 11.3 Å². The molecule has 1 aliphatic heterocycles. The van der Waals surface area contributed by atoms with E-state index in [0.717, 1.165) is 28.3 Å². The first-order chi connectivity index (χ1) is 14.2. The Kier molecular flexibility index (Phi) is 5.81. The first-order valence-electron chi connectivity index (χ1n) is 8.98. The number of thioether (sulfide) groups is 1. The quantitative estimate of drug-likeness (QED) is 0.600. The number of carbonyl (C=O) groups excluding carboxylic acids is 1. The van der Waals surface area contributed by atoms with Crippen LogP contribution in [0.5, 0.6) is 17.2 Å². The number of hydrogen-bond donors (Lipinski definition) is 1. The molecule has 148 valence electrons. The number of ether oxygens (including phenoxy) is 3. The number of carbonyl (C=O) groups is 1. The zero-order chi connectivity index (χ0) is 20.1. The predicted molar refractivity (Wildman–Crippen MR) is 109 cm³/mol. The molecule has 0 atom stereocenters. The van der Waals surface area contributed by atoms with E-state index >= 15 is 0 Å². The molecule has 0 radical (unpaired) electrons. The fourth-order valence-corrected chi connectivity index (χ4v) is 3.48. The number of nitrogens with one attached hydrogen (secondary N) is 1. The molecule has 0 spiro atoms. The predicted octanol–water partition coefficient (Wildman–Crippen LogP) is 3.29. The molecule has 3 aromatic rings. The van der Waals surface area contributed by atoms with Crippen LogP contribution >= 0.6 is 11.8 Å². The maximum Gasteiger partial charge on any atom is 0.231 e. The molecule has 0 saturated carbocycles. The summed E-state index contributed by atoms with van der Waals surface area (Å²) in [5.41, 5.74) is 2.55. The SMILES string of the molecule is COc1ccccc1-c1ccc(SCC(=O)NCc2ccc3c(c2)OCO3)nn1.